The zero-order valence-corrected chi connectivity index (χ0v) is 37.8. The monoisotopic (exact) mass is 812 g/mol. The van der Waals surface area contributed by atoms with Gasteiger partial charge in [-0.15, -0.1) is 0 Å². The van der Waals surface area contributed by atoms with Crippen LogP contribution in [0, 0.1) is 68.0 Å². The van der Waals surface area contributed by atoms with E-state index in [-0.39, 0.29) is 45.6 Å². The summed E-state index contributed by atoms with van der Waals surface area (Å²) in [6.45, 7) is 21.3. The first-order chi connectivity index (χ1) is 27.7. The highest BCUT2D eigenvalue weighted by atomic mass is 16.5. The molecule has 0 spiro atoms. The van der Waals surface area contributed by atoms with Crippen molar-refractivity contribution in [1.82, 2.24) is 14.9 Å². The standard InChI is InChI=1S/C50H73N3O6/c1-30(2)33-19-24-50(43(55)53-27-11-12-36(53)42-51-29-35(52-42)31-13-15-32(58-10)16-14-31)26-25-48(8)34(41(33)50)17-18-38-47(7)22-21-39(59-40(54)28-45(3,4)44(56)57)46(5,6)37(47)20-23-49(38,48)9/h13-16,29-30,33-34,36-39,41H,11-12,17-28H2,1-10H3,(H,51,52)(H,56,57)/t33-,34+,36-,37-,38+,39-,41+,47-,48+,49+,50-/m0/s1. The SMILES string of the molecule is COc1ccc(-c2cnc([C@@H]3CCCN3C(=O)[C@]34CC[C@@H](C(C)C)[C@@H]3[C@H]3CC[C@@H]5[C@@]6(C)CC[C@H](OC(=O)CC(C)(C)C(=O)O)C(C)(C)[C@@H]6CC[C@@]5(C)[C@]3(C)CC4)[nH]2)cc1. The molecule has 1 amide bonds. The minimum atomic E-state index is -1.15. The largest absolute Gasteiger partial charge is 0.497 e. The van der Waals surface area contributed by atoms with Gasteiger partial charge in [0.1, 0.15) is 17.7 Å². The highest BCUT2D eigenvalue weighted by Gasteiger charge is 2.72. The van der Waals surface area contributed by atoms with Crippen LogP contribution in [0.25, 0.3) is 11.3 Å². The number of methoxy groups -OCH3 is 1. The number of hydrogen-bond acceptors (Lipinski definition) is 6. The summed E-state index contributed by atoms with van der Waals surface area (Å²) in [6, 6.07) is 8.03. The number of nitrogens with zero attached hydrogens (tertiary/aromatic N) is 2. The molecule has 0 unspecified atom stereocenters. The molecule has 8 rings (SSSR count). The molecule has 2 aromatic rings. The molecule has 2 N–H and O–H groups in total. The van der Waals surface area contributed by atoms with Gasteiger partial charge in [-0.05, 0) is 172 Å². The van der Waals surface area contributed by atoms with Gasteiger partial charge in [0.2, 0.25) is 5.91 Å². The maximum atomic E-state index is 15.6. The van der Waals surface area contributed by atoms with Gasteiger partial charge in [0.05, 0.1) is 42.3 Å². The number of hydrogen-bond donors (Lipinski definition) is 2. The minimum Gasteiger partial charge on any atom is -0.497 e. The maximum absolute atomic E-state index is 15.6. The Balaban J connectivity index is 1.05. The van der Waals surface area contributed by atoms with Gasteiger partial charge < -0.3 is 24.5 Å². The molecule has 324 valence electrons. The van der Waals surface area contributed by atoms with E-state index in [2.05, 4.69) is 70.5 Å². The third-order valence-electron chi connectivity index (χ3n) is 19.0. The first-order valence-corrected chi connectivity index (χ1v) is 23.2. The van der Waals surface area contributed by atoms with Gasteiger partial charge in [-0.3, -0.25) is 14.4 Å². The zero-order chi connectivity index (χ0) is 42.5. The molecule has 0 radical (unpaired) electrons. The third-order valence-corrected chi connectivity index (χ3v) is 19.0. The molecule has 2 heterocycles. The lowest BCUT2D eigenvalue weighted by atomic mass is 9.32. The van der Waals surface area contributed by atoms with Crippen LogP contribution in [0.3, 0.4) is 0 Å². The summed E-state index contributed by atoms with van der Waals surface area (Å²) in [6.07, 6.45) is 14.2. The highest BCUT2D eigenvalue weighted by molar-refractivity contribution is 5.85. The van der Waals surface area contributed by atoms with Gasteiger partial charge in [-0.1, -0.05) is 48.5 Å². The number of nitrogens with one attached hydrogen (secondary N) is 1. The molecule has 6 fully saturated rings. The molecule has 5 aliphatic carbocycles. The highest BCUT2D eigenvalue weighted by Crippen LogP contribution is 2.78. The van der Waals surface area contributed by atoms with Crippen molar-refractivity contribution in [3.8, 4) is 17.0 Å². The minimum absolute atomic E-state index is 0.0270. The Morgan fingerprint density at radius 3 is 2.31 bits per heavy atom. The summed E-state index contributed by atoms with van der Waals surface area (Å²) < 4.78 is 11.6. The van der Waals surface area contributed by atoms with Crippen molar-refractivity contribution in [1.29, 1.82) is 0 Å². The first kappa shape index (κ1) is 42.3. The Morgan fingerprint density at radius 2 is 1.63 bits per heavy atom. The van der Waals surface area contributed by atoms with E-state index in [1.807, 2.05) is 18.3 Å². The van der Waals surface area contributed by atoms with E-state index in [1.54, 1.807) is 21.0 Å². The number of carboxylic acids is 1. The van der Waals surface area contributed by atoms with Crippen LogP contribution in [0.15, 0.2) is 30.5 Å². The second-order valence-electron chi connectivity index (χ2n) is 22.6. The number of aliphatic carboxylic acids is 1. The Bertz CT molecular complexity index is 1940. The number of rotatable bonds is 9. The summed E-state index contributed by atoms with van der Waals surface area (Å²) in [7, 11) is 1.68. The number of ether oxygens (including phenoxy) is 2. The lowest BCUT2D eigenvalue weighted by molar-refractivity contribution is -0.251. The van der Waals surface area contributed by atoms with Gasteiger partial charge >= 0.3 is 11.9 Å². The molecule has 9 heteroatoms. The zero-order valence-electron chi connectivity index (χ0n) is 37.8. The van der Waals surface area contributed by atoms with Gasteiger partial charge in [-0.2, -0.15) is 0 Å². The van der Waals surface area contributed by atoms with Crippen molar-refractivity contribution >= 4 is 17.8 Å². The fraction of sp³-hybridized carbons (Fsp3) is 0.760. The Kier molecular flexibility index (Phi) is 10.5. The molecule has 0 bridgehead atoms. The predicted octanol–water partition coefficient (Wildman–Crippen LogP) is 10.9. The number of likely N-dealkylation sites (tertiary alicyclic amines) is 1. The molecule has 1 saturated heterocycles. The van der Waals surface area contributed by atoms with Crippen LogP contribution >= 0.6 is 0 Å². The topological polar surface area (TPSA) is 122 Å². The van der Waals surface area contributed by atoms with Crippen molar-refractivity contribution in [3.05, 3.63) is 36.3 Å². The molecule has 9 nitrogen and oxygen atoms in total. The molecule has 5 saturated carbocycles. The maximum Gasteiger partial charge on any atom is 0.309 e. The van der Waals surface area contributed by atoms with E-state index in [9.17, 15) is 14.7 Å². The number of H-pyrrole nitrogens is 1. The molecular formula is C50H73N3O6. The van der Waals surface area contributed by atoms with Crippen LogP contribution in [0.1, 0.15) is 158 Å². The van der Waals surface area contributed by atoms with E-state index in [1.165, 1.54) is 12.8 Å². The molecule has 1 aromatic carbocycles. The Labute approximate surface area is 353 Å². The second-order valence-corrected chi connectivity index (χ2v) is 22.6. The third kappa shape index (κ3) is 6.41. The summed E-state index contributed by atoms with van der Waals surface area (Å²) in [4.78, 5) is 51.4. The lowest BCUT2D eigenvalue weighted by Crippen LogP contribution is -2.67. The van der Waals surface area contributed by atoms with E-state index in [0.717, 1.165) is 93.6 Å². The number of aromatic amines is 1. The summed E-state index contributed by atoms with van der Waals surface area (Å²) >= 11 is 0. The number of benzene rings is 1. The number of carbonyl (C=O) groups excluding carboxylic acids is 2. The van der Waals surface area contributed by atoms with Crippen LogP contribution in [-0.4, -0.2) is 57.6 Å². The predicted molar refractivity (Wildman–Crippen MR) is 229 cm³/mol. The number of esters is 1. The van der Waals surface area contributed by atoms with E-state index < -0.39 is 17.4 Å². The molecule has 11 atom stereocenters. The quantitative estimate of drug-likeness (QED) is 0.242. The van der Waals surface area contributed by atoms with Crippen molar-refractivity contribution in [2.24, 2.45) is 68.0 Å². The van der Waals surface area contributed by atoms with Gasteiger partial charge in [0.25, 0.3) is 0 Å². The number of carbonyl (C=O) groups is 3. The van der Waals surface area contributed by atoms with Crippen molar-refractivity contribution in [3.63, 3.8) is 0 Å². The summed E-state index contributed by atoms with van der Waals surface area (Å²) in [5.74, 6) is 3.68. The van der Waals surface area contributed by atoms with Crippen molar-refractivity contribution < 1.29 is 29.0 Å². The molecule has 6 aliphatic rings. The van der Waals surface area contributed by atoms with Gasteiger partial charge in [0, 0.05) is 12.0 Å². The fourth-order valence-electron chi connectivity index (χ4n) is 15.6. The smallest absolute Gasteiger partial charge is 0.309 e. The average molecular weight is 812 g/mol. The van der Waals surface area contributed by atoms with E-state index in [0.29, 0.717) is 41.4 Å². The van der Waals surface area contributed by atoms with Gasteiger partial charge in [-0.25, -0.2) is 4.98 Å². The Hall–Kier alpha value is -3.36. The number of amides is 1. The van der Waals surface area contributed by atoms with E-state index >= 15 is 4.79 Å². The first-order valence-electron chi connectivity index (χ1n) is 23.2. The summed E-state index contributed by atoms with van der Waals surface area (Å²) in [5.41, 5.74) is 0.728. The fourth-order valence-corrected chi connectivity index (χ4v) is 15.6. The van der Waals surface area contributed by atoms with Crippen LogP contribution in [0.2, 0.25) is 0 Å². The molecular weight excluding hydrogens is 739 g/mol. The molecule has 59 heavy (non-hydrogen) atoms. The number of imidazole rings is 1. The molecule has 1 aromatic heterocycles. The lowest BCUT2D eigenvalue weighted by Gasteiger charge is -2.73. The normalized spacial score (nSPS) is 38.8. The van der Waals surface area contributed by atoms with Crippen LogP contribution in [0.4, 0.5) is 0 Å². The van der Waals surface area contributed by atoms with Crippen molar-refractivity contribution in [2.75, 3.05) is 13.7 Å². The Morgan fingerprint density at radius 1 is 0.898 bits per heavy atom. The number of carboxylic acid groups (broad SMARTS) is 1. The molecule has 1 aliphatic heterocycles. The average Bonchev–Trinajstić information content (AvgIpc) is 3.95. The summed E-state index contributed by atoms with van der Waals surface area (Å²) in [5, 5.41) is 9.67. The number of fused-ring (bicyclic) bond motifs is 7. The van der Waals surface area contributed by atoms with Gasteiger partial charge in [0.15, 0.2) is 0 Å². The van der Waals surface area contributed by atoms with Crippen LogP contribution in [0.5, 0.6) is 5.75 Å². The van der Waals surface area contributed by atoms with Crippen LogP contribution < -0.4 is 4.74 Å². The number of aromatic nitrogens is 2. The van der Waals surface area contributed by atoms with E-state index in [4.69, 9.17) is 14.5 Å². The second kappa shape index (κ2) is 14.6. The van der Waals surface area contributed by atoms with Crippen molar-refractivity contribution in [2.45, 2.75) is 158 Å². The van der Waals surface area contributed by atoms with Crippen LogP contribution in [-0.2, 0) is 19.1 Å².